The number of aromatic nitrogens is 1. The summed E-state index contributed by atoms with van der Waals surface area (Å²) in [6.07, 6.45) is 1.18. The molecule has 0 radical (unpaired) electrons. The van der Waals surface area contributed by atoms with Crippen LogP contribution in [0.4, 0.5) is 5.69 Å². The van der Waals surface area contributed by atoms with E-state index in [1.54, 1.807) is 4.90 Å². The molecule has 3 rings (SSSR count). The second-order valence-corrected chi connectivity index (χ2v) is 6.87. The van der Waals surface area contributed by atoms with E-state index in [-0.39, 0.29) is 18.0 Å². The predicted molar refractivity (Wildman–Crippen MR) is 113 cm³/mol. The first-order chi connectivity index (χ1) is 13.5. The minimum atomic E-state index is -0.170. The SMILES string of the molecule is CCCC(=O)N(Cc1cc2cc(C)ccc2[nH]c1=O)c1ccc(OCC)cc1. The number of carbonyl (C=O) groups excluding carboxylic acids is 1. The summed E-state index contributed by atoms with van der Waals surface area (Å²) in [5, 5.41) is 0.962. The Kier molecular flexibility index (Phi) is 6.14. The number of benzene rings is 2. The maximum absolute atomic E-state index is 12.8. The van der Waals surface area contributed by atoms with Crippen molar-refractivity contribution < 1.29 is 9.53 Å². The summed E-state index contributed by atoms with van der Waals surface area (Å²) in [6, 6.07) is 15.2. The van der Waals surface area contributed by atoms with Gasteiger partial charge in [-0.1, -0.05) is 18.6 Å². The normalized spacial score (nSPS) is 10.8. The topological polar surface area (TPSA) is 62.4 Å². The fourth-order valence-corrected chi connectivity index (χ4v) is 3.22. The highest BCUT2D eigenvalue weighted by atomic mass is 16.5. The van der Waals surface area contributed by atoms with Crippen molar-refractivity contribution in [1.82, 2.24) is 4.98 Å². The van der Waals surface area contributed by atoms with Crippen LogP contribution in [0.3, 0.4) is 0 Å². The third-order valence-corrected chi connectivity index (χ3v) is 4.63. The lowest BCUT2D eigenvalue weighted by atomic mass is 10.1. The van der Waals surface area contributed by atoms with E-state index in [4.69, 9.17) is 4.74 Å². The Balaban J connectivity index is 1.97. The lowest BCUT2D eigenvalue weighted by Crippen LogP contribution is -2.32. The maximum Gasteiger partial charge on any atom is 0.253 e. The summed E-state index contributed by atoms with van der Waals surface area (Å²) in [5.74, 6) is 0.753. The van der Waals surface area contributed by atoms with Gasteiger partial charge in [0.1, 0.15) is 5.75 Å². The van der Waals surface area contributed by atoms with Crippen molar-refractivity contribution in [2.75, 3.05) is 11.5 Å². The van der Waals surface area contributed by atoms with Gasteiger partial charge in [-0.2, -0.15) is 0 Å². The van der Waals surface area contributed by atoms with Crippen LogP contribution in [0.25, 0.3) is 10.9 Å². The number of amides is 1. The molecule has 0 aliphatic heterocycles. The molecule has 0 saturated carbocycles. The number of fused-ring (bicyclic) bond motifs is 1. The van der Waals surface area contributed by atoms with Crippen molar-refractivity contribution in [3.63, 3.8) is 0 Å². The van der Waals surface area contributed by atoms with Crippen LogP contribution in [0.2, 0.25) is 0 Å². The average Bonchev–Trinajstić information content (AvgIpc) is 2.68. The van der Waals surface area contributed by atoms with Gasteiger partial charge in [-0.05, 0) is 68.1 Å². The number of hydrogen-bond donors (Lipinski definition) is 1. The molecule has 0 atom stereocenters. The molecule has 0 bridgehead atoms. The molecule has 5 nitrogen and oxygen atoms in total. The molecule has 1 amide bonds. The molecule has 1 aromatic heterocycles. The molecular formula is C23H26N2O3. The number of hydrogen-bond acceptors (Lipinski definition) is 3. The molecule has 0 saturated heterocycles. The lowest BCUT2D eigenvalue weighted by Gasteiger charge is -2.23. The number of anilines is 1. The zero-order valence-electron chi connectivity index (χ0n) is 16.6. The molecule has 0 aliphatic rings. The van der Waals surface area contributed by atoms with E-state index in [0.717, 1.165) is 34.3 Å². The molecule has 28 heavy (non-hydrogen) atoms. The fraction of sp³-hybridized carbons (Fsp3) is 0.304. The highest BCUT2D eigenvalue weighted by Gasteiger charge is 2.17. The number of rotatable bonds is 7. The van der Waals surface area contributed by atoms with E-state index in [1.807, 2.05) is 69.3 Å². The smallest absolute Gasteiger partial charge is 0.253 e. The van der Waals surface area contributed by atoms with Crippen molar-refractivity contribution in [3.05, 3.63) is 70.0 Å². The number of H-pyrrole nitrogens is 1. The second kappa shape index (κ2) is 8.74. The third kappa shape index (κ3) is 4.42. The second-order valence-electron chi connectivity index (χ2n) is 6.87. The fourth-order valence-electron chi connectivity index (χ4n) is 3.22. The van der Waals surface area contributed by atoms with Gasteiger partial charge in [-0.15, -0.1) is 0 Å². The van der Waals surface area contributed by atoms with Gasteiger partial charge < -0.3 is 14.6 Å². The number of nitrogens with zero attached hydrogens (tertiary/aromatic N) is 1. The highest BCUT2D eigenvalue weighted by molar-refractivity contribution is 5.93. The van der Waals surface area contributed by atoms with Crippen LogP contribution in [0, 0.1) is 6.92 Å². The maximum atomic E-state index is 12.8. The molecule has 0 unspecified atom stereocenters. The van der Waals surface area contributed by atoms with E-state index in [2.05, 4.69) is 4.98 Å². The highest BCUT2D eigenvalue weighted by Crippen LogP contribution is 2.23. The summed E-state index contributed by atoms with van der Waals surface area (Å²) >= 11 is 0. The van der Waals surface area contributed by atoms with Crippen LogP contribution in [0.15, 0.2) is 53.3 Å². The Hall–Kier alpha value is -3.08. The van der Waals surface area contributed by atoms with Crippen LogP contribution in [0.1, 0.15) is 37.8 Å². The zero-order valence-corrected chi connectivity index (χ0v) is 16.6. The van der Waals surface area contributed by atoms with Gasteiger partial charge in [-0.25, -0.2) is 0 Å². The van der Waals surface area contributed by atoms with Crippen molar-refractivity contribution >= 4 is 22.5 Å². The quantitative estimate of drug-likeness (QED) is 0.655. The van der Waals surface area contributed by atoms with Gasteiger partial charge >= 0.3 is 0 Å². The molecule has 1 N–H and O–H groups in total. The first-order valence-corrected chi connectivity index (χ1v) is 9.67. The molecule has 1 heterocycles. The molecule has 5 heteroatoms. The number of pyridine rings is 1. The van der Waals surface area contributed by atoms with E-state index in [0.29, 0.717) is 18.6 Å². The zero-order chi connectivity index (χ0) is 20.1. The predicted octanol–water partition coefficient (Wildman–Crippen LogP) is 4.57. The Bertz CT molecular complexity index is 1020. The van der Waals surface area contributed by atoms with Crippen molar-refractivity contribution in [3.8, 4) is 5.75 Å². The Morgan fingerprint density at radius 2 is 1.82 bits per heavy atom. The summed E-state index contributed by atoms with van der Waals surface area (Å²) < 4.78 is 5.49. The molecule has 146 valence electrons. The van der Waals surface area contributed by atoms with Gasteiger partial charge in [0.05, 0.1) is 13.2 Å². The lowest BCUT2D eigenvalue weighted by molar-refractivity contribution is -0.118. The van der Waals surface area contributed by atoms with Crippen molar-refractivity contribution in [2.45, 2.75) is 40.2 Å². The largest absolute Gasteiger partial charge is 0.494 e. The van der Waals surface area contributed by atoms with Crippen LogP contribution in [0.5, 0.6) is 5.75 Å². The summed E-state index contributed by atoms with van der Waals surface area (Å²) in [6.45, 7) is 6.73. The van der Waals surface area contributed by atoms with Crippen LogP contribution >= 0.6 is 0 Å². The molecular weight excluding hydrogens is 352 g/mol. The van der Waals surface area contributed by atoms with Crippen molar-refractivity contribution in [1.29, 1.82) is 0 Å². The van der Waals surface area contributed by atoms with E-state index < -0.39 is 0 Å². The first-order valence-electron chi connectivity index (χ1n) is 9.67. The van der Waals surface area contributed by atoms with E-state index in [1.165, 1.54) is 0 Å². The standard InChI is InChI=1S/C23H26N2O3/c1-4-6-22(26)25(19-8-10-20(11-9-19)28-5-2)15-18-14-17-13-16(3)7-12-21(17)24-23(18)27/h7-14H,4-6,15H2,1-3H3,(H,24,27). The summed E-state index contributed by atoms with van der Waals surface area (Å²) in [5.41, 5.74) is 3.07. The Labute approximate surface area is 165 Å². The van der Waals surface area contributed by atoms with Crippen molar-refractivity contribution in [2.24, 2.45) is 0 Å². The molecule has 3 aromatic rings. The van der Waals surface area contributed by atoms with E-state index >= 15 is 0 Å². The third-order valence-electron chi connectivity index (χ3n) is 4.63. The first kappa shape index (κ1) is 19.7. The number of aryl methyl sites for hydroxylation is 1. The van der Waals surface area contributed by atoms with Crippen LogP contribution in [-0.2, 0) is 11.3 Å². The van der Waals surface area contributed by atoms with Gasteiger partial charge in [0, 0.05) is 23.2 Å². The summed E-state index contributed by atoms with van der Waals surface area (Å²) in [4.78, 5) is 30.0. The van der Waals surface area contributed by atoms with Gasteiger partial charge in [-0.3, -0.25) is 9.59 Å². The average molecular weight is 378 g/mol. The van der Waals surface area contributed by atoms with Gasteiger partial charge in [0.2, 0.25) is 5.91 Å². The number of carbonyl (C=O) groups is 1. The monoisotopic (exact) mass is 378 g/mol. The number of nitrogens with one attached hydrogen (secondary N) is 1. The molecule has 2 aromatic carbocycles. The molecule has 0 aliphatic carbocycles. The van der Waals surface area contributed by atoms with Gasteiger partial charge in [0.25, 0.3) is 5.56 Å². The molecule has 0 spiro atoms. The molecule has 0 fully saturated rings. The number of ether oxygens (including phenoxy) is 1. The van der Waals surface area contributed by atoms with E-state index in [9.17, 15) is 9.59 Å². The van der Waals surface area contributed by atoms with Crippen LogP contribution in [-0.4, -0.2) is 17.5 Å². The minimum Gasteiger partial charge on any atom is -0.494 e. The minimum absolute atomic E-state index is 0.00426. The Morgan fingerprint density at radius 3 is 2.50 bits per heavy atom. The Morgan fingerprint density at radius 1 is 1.07 bits per heavy atom. The summed E-state index contributed by atoms with van der Waals surface area (Å²) in [7, 11) is 0. The van der Waals surface area contributed by atoms with Crippen LogP contribution < -0.4 is 15.2 Å². The van der Waals surface area contributed by atoms with Gasteiger partial charge in [0.15, 0.2) is 0 Å². The number of aromatic amines is 1.